The number of anilines is 1. The van der Waals surface area contributed by atoms with Crippen molar-refractivity contribution in [3.8, 4) is 0 Å². The monoisotopic (exact) mass is 350 g/mol. The van der Waals surface area contributed by atoms with Gasteiger partial charge < -0.3 is 15.4 Å². The highest BCUT2D eigenvalue weighted by molar-refractivity contribution is 6.31. The van der Waals surface area contributed by atoms with E-state index in [0.29, 0.717) is 16.4 Å². The molecule has 7 heteroatoms. The topological polar surface area (TPSA) is 84.5 Å². The smallest absolute Gasteiger partial charge is 0.336 e. The maximum absolute atomic E-state index is 12.7. The number of ether oxygens (including phenoxy) is 1. The summed E-state index contributed by atoms with van der Waals surface area (Å²) >= 11 is 5.95. The molecule has 2 rings (SSSR count). The van der Waals surface area contributed by atoms with E-state index in [0.717, 1.165) is 5.56 Å². The molecule has 1 aromatic rings. The molecule has 0 radical (unpaired) electrons. The standard InChI is InChI=1S/C17H19ClN2O4/c1-4-24-17(23)15-10(3)19-14(21)8-12(15)16(22)20-13-7-11(18)6-5-9(13)2/h5-7,12H,4,8H2,1-3H3,(H,19,21)(H,20,22)/t12-/m1/s1. The molecule has 0 bridgehead atoms. The van der Waals surface area contributed by atoms with Crippen LogP contribution in [0.2, 0.25) is 5.02 Å². The van der Waals surface area contributed by atoms with Gasteiger partial charge in [0.1, 0.15) is 0 Å². The third-order valence-electron chi connectivity index (χ3n) is 3.74. The fraction of sp³-hybridized carbons (Fsp3) is 0.353. The molecule has 0 spiro atoms. The van der Waals surface area contributed by atoms with Gasteiger partial charge in [-0.05, 0) is 38.5 Å². The van der Waals surface area contributed by atoms with Gasteiger partial charge in [-0.2, -0.15) is 0 Å². The van der Waals surface area contributed by atoms with E-state index in [1.54, 1.807) is 32.0 Å². The van der Waals surface area contributed by atoms with Crippen molar-refractivity contribution in [2.45, 2.75) is 27.2 Å². The van der Waals surface area contributed by atoms with Crippen molar-refractivity contribution in [2.75, 3.05) is 11.9 Å². The lowest BCUT2D eigenvalue weighted by atomic mass is 9.89. The van der Waals surface area contributed by atoms with Crippen LogP contribution >= 0.6 is 11.6 Å². The lowest BCUT2D eigenvalue weighted by Gasteiger charge is -2.25. The number of rotatable bonds is 4. The van der Waals surface area contributed by atoms with Crippen LogP contribution in [-0.2, 0) is 19.1 Å². The highest BCUT2D eigenvalue weighted by atomic mass is 35.5. The zero-order chi connectivity index (χ0) is 17.9. The molecule has 1 atom stereocenters. The van der Waals surface area contributed by atoms with Crippen molar-refractivity contribution in [3.05, 3.63) is 40.1 Å². The van der Waals surface area contributed by atoms with Gasteiger partial charge in [0.05, 0.1) is 18.1 Å². The van der Waals surface area contributed by atoms with Gasteiger partial charge in [-0.15, -0.1) is 0 Å². The lowest BCUT2D eigenvalue weighted by molar-refractivity contribution is -0.141. The summed E-state index contributed by atoms with van der Waals surface area (Å²) in [7, 11) is 0. The second-order valence-corrected chi connectivity index (χ2v) is 5.95. The summed E-state index contributed by atoms with van der Waals surface area (Å²) < 4.78 is 5.01. The Balaban J connectivity index is 2.31. The Labute approximate surface area is 145 Å². The Morgan fingerprint density at radius 3 is 2.75 bits per heavy atom. The molecule has 0 saturated carbocycles. The van der Waals surface area contributed by atoms with Crippen molar-refractivity contribution in [1.82, 2.24) is 5.32 Å². The third-order valence-corrected chi connectivity index (χ3v) is 3.97. The van der Waals surface area contributed by atoms with Crippen LogP contribution in [0.1, 0.15) is 25.8 Å². The highest BCUT2D eigenvalue weighted by Gasteiger charge is 2.36. The second-order valence-electron chi connectivity index (χ2n) is 5.51. The fourth-order valence-electron chi connectivity index (χ4n) is 2.55. The van der Waals surface area contributed by atoms with Crippen molar-refractivity contribution in [1.29, 1.82) is 0 Å². The van der Waals surface area contributed by atoms with E-state index >= 15 is 0 Å². The maximum atomic E-state index is 12.7. The zero-order valence-electron chi connectivity index (χ0n) is 13.7. The normalized spacial score (nSPS) is 17.3. The average molecular weight is 351 g/mol. The number of amides is 2. The summed E-state index contributed by atoms with van der Waals surface area (Å²) in [5.74, 6) is -2.27. The average Bonchev–Trinajstić information content (AvgIpc) is 2.50. The number of hydrogen-bond acceptors (Lipinski definition) is 4. The minimum Gasteiger partial charge on any atom is -0.463 e. The Hall–Kier alpha value is -2.34. The molecule has 1 aliphatic heterocycles. The SMILES string of the molecule is CCOC(=O)C1=C(C)NC(=O)C[C@H]1C(=O)Nc1cc(Cl)ccc1C. The summed E-state index contributed by atoms with van der Waals surface area (Å²) in [6.45, 7) is 5.27. The van der Waals surface area contributed by atoms with Crippen molar-refractivity contribution < 1.29 is 19.1 Å². The summed E-state index contributed by atoms with van der Waals surface area (Å²) in [5.41, 5.74) is 1.88. The van der Waals surface area contributed by atoms with Crippen LogP contribution in [-0.4, -0.2) is 24.4 Å². The highest BCUT2D eigenvalue weighted by Crippen LogP contribution is 2.27. The molecular weight excluding hydrogens is 332 g/mol. The van der Waals surface area contributed by atoms with E-state index in [-0.39, 0.29) is 24.5 Å². The molecule has 0 aromatic heterocycles. The number of benzene rings is 1. The molecule has 2 N–H and O–H groups in total. The molecule has 0 saturated heterocycles. The Morgan fingerprint density at radius 1 is 1.38 bits per heavy atom. The van der Waals surface area contributed by atoms with Crippen molar-refractivity contribution >= 4 is 35.1 Å². The number of nitrogens with one attached hydrogen (secondary N) is 2. The van der Waals surface area contributed by atoms with Crippen LogP contribution in [0.5, 0.6) is 0 Å². The zero-order valence-corrected chi connectivity index (χ0v) is 14.5. The van der Waals surface area contributed by atoms with Crippen molar-refractivity contribution in [2.24, 2.45) is 5.92 Å². The first kappa shape index (κ1) is 18.0. The molecule has 2 amide bonds. The molecular formula is C17H19ClN2O4. The minimum absolute atomic E-state index is 0.114. The number of esters is 1. The predicted molar refractivity (Wildman–Crippen MR) is 90.4 cm³/mol. The van der Waals surface area contributed by atoms with E-state index in [2.05, 4.69) is 10.6 Å². The Bertz CT molecular complexity index is 727. The van der Waals surface area contributed by atoms with Gasteiger partial charge in [0.25, 0.3) is 0 Å². The Morgan fingerprint density at radius 2 is 2.08 bits per heavy atom. The van der Waals surface area contributed by atoms with Crippen LogP contribution < -0.4 is 10.6 Å². The molecule has 24 heavy (non-hydrogen) atoms. The maximum Gasteiger partial charge on any atom is 0.336 e. The van der Waals surface area contributed by atoms with Gasteiger partial charge in [0, 0.05) is 22.8 Å². The first-order valence-corrected chi connectivity index (χ1v) is 7.96. The van der Waals surface area contributed by atoms with Crippen LogP contribution in [0.15, 0.2) is 29.5 Å². The quantitative estimate of drug-likeness (QED) is 0.817. The molecule has 1 aromatic carbocycles. The minimum atomic E-state index is -0.906. The van der Waals surface area contributed by atoms with Crippen LogP contribution in [0.4, 0.5) is 5.69 Å². The number of allylic oxidation sites excluding steroid dienone is 1. The van der Waals surface area contributed by atoms with E-state index in [1.165, 1.54) is 0 Å². The van der Waals surface area contributed by atoms with Gasteiger partial charge in [-0.3, -0.25) is 9.59 Å². The van der Waals surface area contributed by atoms with E-state index in [1.807, 2.05) is 6.92 Å². The number of halogens is 1. The summed E-state index contributed by atoms with van der Waals surface area (Å²) in [6, 6.07) is 5.12. The Kier molecular flexibility index (Phi) is 5.62. The molecule has 0 unspecified atom stereocenters. The summed E-state index contributed by atoms with van der Waals surface area (Å²) in [6.07, 6.45) is -0.114. The molecule has 0 aliphatic carbocycles. The first-order valence-electron chi connectivity index (χ1n) is 7.58. The van der Waals surface area contributed by atoms with Crippen LogP contribution in [0, 0.1) is 12.8 Å². The number of hydrogen-bond donors (Lipinski definition) is 2. The van der Waals surface area contributed by atoms with Crippen molar-refractivity contribution in [3.63, 3.8) is 0 Å². The summed E-state index contributed by atoms with van der Waals surface area (Å²) in [5, 5.41) is 5.80. The summed E-state index contributed by atoms with van der Waals surface area (Å²) in [4.78, 5) is 36.6. The third kappa shape index (κ3) is 3.94. The van der Waals surface area contributed by atoms with Crippen LogP contribution in [0.25, 0.3) is 0 Å². The van der Waals surface area contributed by atoms with Gasteiger partial charge in [0.15, 0.2) is 0 Å². The molecule has 1 aliphatic rings. The van der Waals surface area contributed by atoms with E-state index in [4.69, 9.17) is 16.3 Å². The molecule has 0 fully saturated rings. The number of carbonyl (C=O) groups is 3. The molecule has 128 valence electrons. The first-order chi connectivity index (χ1) is 11.3. The number of aryl methyl sites for hydroxylation is 1. The van der Waals surface area contributed by atoms with E-state index < -0.39 is 17.8 Å². The molecule has 1 heterocycles. The van der Waals surface area contributed by atoms with Gasteiger partial charge in [-0.25, -0.2) is 4.79 Å². The van der Waals surface area contributed by atoms with Crippen LogP contribution in [0.3, 0.4) is 0 Å². The predicted octanol–water partition coefficient (Wildman–Crippen LogP) is 2.56. The molecule has 6 nitrogen and oxygen atoms in total. The fourth-order valence-corrected chi connectivity index (χ4v) is 2.73. The van der Waals surface area contributed by atoms with Gasteiger partial charge >= 0.3 is 5.97 Å². The van der Waals surface area contributed by atoms with Gasteiger partial charge in [0.2, 0.25) is 11.8 Å². The van der Waals surface area contributed by atoms with Gasteiger partial charge in [-0.1, -0.05) is 17.7 Å². The lowest BCUT2D eigenvalue weighted by Crippen LogP contribution is -2.40. The largest absolute Gasteiger partial charge is 0.463 e. The van der Waals surface area contributed by atoms with E-state index in [9.17, 15) is 14.4 Å². The second kappa shape index (κ2) is 7.49. The number of carbonyl (C=O) groups excluding carboxylic acids is 3.